The lowest BCUT2D eigenvalue weighted by molar-refractivity contribution is 0.302. The number of hydrogen-bond acceptors (Lipinski definition) is 2. The zero-order chi connectivity index (χ0) is 13.9. The molecule has 0 atom stereocenters. The molecule has 0 aliphatic rings. The summed E-state index contributed by atoms with van der Waals surface area (Å²) in [6.07, 6.45) is 6.02. The van der Waals surface area contributed by atoms with Crippen LogP contribution >= 0.6 is 0 Å². The first-order valence-corrected chi connectivity index (χ1v) is 7.39. The molecule has 3 heteroatoms. The van der Waals surface area contributed by atoms with Crippen molar-refractivity contribution < 1.29 is 9.13 Å². The van der Waals surface area contributed by atoms with Gasteiger partial charge in [0.2, 0.25) is 0 Å². The Morgan fingerprint density at radius 2 is 1.84 bits per heavy atom. The minimum atomic E-state index is -0.226. The van der Waals surface area contributed by atoms with Gasteiger partial charge in [-0.15, -0.1) is 0 Å². The van der Waals surface area contributed by atoms with Gasteiger partial charge >= 0.3 is 0 Å². The van der Waals surface area contributed by atoms with Gasteiger partial charge in [-0.1, -0.05) is 39.5 Å². The predicted octanol–water partition coefficient (Wildman–Crippen LogP) is 4.28. The average Bonchev–Trinajstić information content (AvgIpc) is 2.40. The van der Waals surface area contributed by atoms with E-state index in [1.54, 1.807) is 6.07 Å². The van der Waals surface area contributed by atoms with Gasteiger partial charge in [0.15, 0.2) is 0 Å². The van der Waals surface area contributed by atoms with Crippen LogP contribution in [0.4, 0.5) is 4.39 Å². The molecule has 0 spiro atoms. The van der Waals surface area contributed by atoms with Gasteiger partial charge in [-0.2, -0.15) is 0 Å². The molecule has 2 nitrogen and oxygen atoms in total. The summed E-state index contributed by atoms with van der Waals surface area (Å²) in [5.41, 5.74) is 0.933. The van der Waals surface area contributed by atoms with Crippen molar-refractivity contribution >= 4 is 0 Å². The molecule has 0 fully saturated rings. The van der Waals surface area contributed by atoms with Crippen molar-refractivity contribution in [2.24, 2.45) is 0 Å². The van der Waals surface area contributed by atoms with E-state index in [9.17, 15) is 4.39 Å². The monoisotopic (exact) mass is 267 g/mol. The zero-order valence-electron chi connectivity index (χ0n) is 12.2. The molecule has 0 unspecified atom stereocenters. The smallest absolute Gasteiger partial charge is 0.127 e. The van der Waals surface area contributed by atoms with Gasteiger partial charge in [-0.05, 0) is 30.7 Å². The number of halogens is 1. The molecule has 1 aromatic carbocycles. The predicted molar refractivity (Wildman–Crippen MR) is 78.0 cm³/mol. The molecule has 0 radical (unpaired) electrons. The van der Waals surface area contributed by atoms with Gasteiger partial charge in [0.25, 0.3) is 0 Å². The summed E-state index contributed by atoms with van der Waals surface area (Å²) in [6, 6.07) is 4.93. The number of benzene rings is 1. The van der Waals surface area contributed by atoms with E-state index < -0.39 is 0 Å². The minimum Gasteiger partial charge on any atom is -0.493 e. The number of nitrogens with one attached hydrogen (secondary N) is 1. The third-order valence-electron chi connectivity index (χ3n) is 3.03. The van der Waals surface area contributed by atoms with E-state index in [1.165, 1.54) is 31.7 Å². The Bertz CT molecular complexity index is 355. The Morgan fingerprint density at radius 3 is 2.58 bits per heavy atom. The fourth-order valence-electron chi connectivity index (χ4n) is 1.97. The van der Waals surface area contributed by atoms with E-state index in [4.69, 9.17) is 4.74 Å². The Morgan fingerprint density at radius 1 is 1.05 bits per heavy atom. The van der Waals surface area contributed by atoms with Crippen LogP contribution in [0, 0.1) is 5.82 Å². The van der Waals surface area contributed by atoms with Crippen LogP contribution in [0.5, 0.6) is 5.75 Å². The van der Waals surface area contributed by atoms with Crippen LogP contribution in [-0.4, -0.2) is 13.2 Å². The highest BCUT2D eigenvalue weighted by Crippen LogP contribution is 2.17. The van der Waals surface area contributed by atoms with E-state index in [-0.39, 0.29) is 5.82 Å². The lowest BCUT2D eigenvalue weighted by Crippen LogP contribution is -2.12. The standard InChI is InChI=1S/C16H26FNO/c1-3-5-6-7-8-9-19-16-11-14(13-18-4-2)10-15(17)12-16/h10-12,18H,3-9,13H2,1-2H3. The number of rotatable bonds is 10. The molecule has 0 saturated carbocycles. The van der Waals surface area contributed by atoms with Crippen LogP contribution in [0.15, 0.2) is 18.2 Å². The summed E-state index contributed by atoms with van der Waals surface area (Å²) >= 11 is 0. The Kier molecular flexibility index (Phi) is 8.23. The van der Waals surface area contributed by atoms with E-state index in [0.29, 0.717) is 18.9 Å². The van der Waals surface area contributed by atoms with Crippen LogP contribution in [0.3, 0.4) is 0 Å². The maximum atomic E-state index is 13.4. The molecule has 1 N–H and O–H groups in total. The first-order chi connectivity index (χ1) is 9.26. The van der Waals surface area contributed by atoms with Crippen molar-refractivity contribution in [3.63, 3.8) is 0 Å². The number of hydrogen-bond donors (Lipinski definition) is 1. The zero-order valence-corrected chi connectivity index (χ0v) is 12.2. The second-order valence-corrected chi connectivity index (χ2v) is 4.84. The van der Waals surface area contributed by atoms with Crippen molar-refractivity contribution in [1.82, 2.24) is 5.32 Å². The third kappa shape index (κ3) is 7.16. The van der Waals surface area contributed by atoms with Crippen LogP contribution < -0.4 is 10.1 Å². The third-order valence-corrected chi connectivity index (χ3v) is 3.03. The largest absolute Gasteiger partial charge is 0.493 e. The Balaban J connectivity index is 2.34. The topological polar surface area (TPSA) is 21.3 Å². The lowest BCUT2D eigenvalue weighted by Gasteiger charge is -2.09. The van der Waals surface area contributed by atoms with Gasteiger partial charge in [0.1, 0.15) is 11.6 Å². The van der Waals surface area contributed by atoms with Gasteiger partial charge < -0.3 is 10.1 Å². The molecule has 108 valence electrons. The van der Waals surface area contributed by atoms with Gasteiger partial charge in [0, 0.05) is 12.6 Å². The normalized spacial score (nSPS) is 10.7. The average molecular weight is 267 g/mol. The summed E-state index contributed by atoms with van der Waals surface area (Å²) < 4.78 is 19.0. The Hall–Kier alpha value is -1.09. The second-order valence-electron chi connectivity index (χ2n) is 4.84. The summed E-state index contributed by atoms with van der Waals surface area (Å²) in [6.45, 7) is 6.47. The van der Waals surface area contributed by atoms with Crippen LogP contribution in [0.2, 0.25) is 0 Å². The molecule has 19 heavy (non-hydrogen) atoms. The summed E-state index contributed by atoms with van der Waals surface area (Å²) in [5.74, 6) is 0.416. The molecule has 0 aliphatic heterocycles. The SMILES string of the molecule is CCCCCCCOc1cc(F)cc(CNCC)c1. The van der Waals surface area contributed by atoms with Gasteiger partial charge in [0.05, 0.1) is 6.61 Å². The molecule has 0 aromatic heterocycles. The first kappa shape index (κ1) is 16.0. The Labute approximate surface area is 116 Å². The maximum Gasteiger partial charge on any atom is 0.127 e. The van der Waals surface area contributed by atoms with Crippen molar-refractivity contribution in [3.8, 4) is 5.75 Å². The molecule has 0 aliphatic carbocycles. The van der Waals surface area contributed by atoms with Gasteiger partial charge in [-0.25, -0.2) is 4.39 Å². The highest BCUT2D eigenvalue weighted by molar-refractivity contribution is 5.29. The number of unbranched alkanes of at least 4 members (excludes halogenated alkanes) is 4. The van der Waals surface area contributed by atoms with Gasteiger partial charge in [-0.3, -0.25) is 0 Å². The minimum absolute atomic E-state index is 0.226. The summed E-state index contributed by atoms with van der Waals surface area (Å²) in [7, 11) is 0. The van der Waals surface area contributed by atoms with E-state index in [2.05, 4.69) is 12.2 Å². The molecule has 0 bridgehead atoms. The van der Waals surface area contributed by atoms with Crippen molar-refractivity contribution in [3.05, 3.63) is 29.6 Å². The fourth-order valence-corrected chi connectivity index (χ4v) is 1.97. The molecular weight excluding hydrogens is 241 g/mol. The first-order valence-electron chi connectivity index (χ1n) is 7.39. The molecule has 0 amide bonds. The van der Waals surface area contributed by atoms with Crippen molar-refractivity contribution in [2.45, 2.75) is 52.5 Å². The maximum absolute atomic E-state index is 13.4. The fraction of sp³-hybridized carbons (Fsp3) is 0.625. The highest BCUT2D eigenvalue weighted by Gasteiger charge is 2.02. The number of ether oxygens (including phenoxy) is 1. The molecule has 0 saturated heterocycles. The lowest BCUT2D eigenvalue weighted by atomic mass is 10.2. The second kappa shape index (κ2) is 9.79. The van der Waals surface area contributed by atoms with Crippen LogP contribution in [0.1, 0.15) is 51.5 Å². The molecular formula is C16H26FNO. The van der Waals surface area contributed by atoms with E-state index in [1.807, 2.05) is 13.0 Å². The van der Waals surface area contributed by atoms with E-state index in [0.717, 1.165) is 18.5 Å². The van der Waals surface area contributed by atoms with E-state index >= 15 is 0 Å². The van der Waals surface area contributed by atoms with Crippen LogP contribution in [-0.2, 0) is 6.54 Å². The highest BCUT2D eigenvalue weighted by atomic mass is 19.1. The van der Waals surface area contributed by atoms with Crippen LogP contribution in [0.25, 0.3) is 0 Å². The molecule has 0 heterocycles. The molecule has 1 aromatic rings. The van der Waals surface area contributed by atoms with Crippen molar-refractivity contribution in [1.29, 1.82) is 0 Å². The summed E-state index contributed by atoms with van der Waals surface area (Å²) in [5, 5.41) is 3.19. The summed E-state index contributed by atoms with van der Waals surface area (Å²) in [4.78, 5) is 0. The molecule has 1 rings (SSSR count). The van der Waals surface area contributed by atoms with Crippen molar-refractivity contribution in [2.75, 3.05) is 13.2 Å². The quantitative estimate of drug-likeness (QED) is 0.639.